The van der Waals surface area contributed by atoms with Crippen LogP contribution in [0.15, 0.2) is 12.4 Å². The van der Waals surface area contributed by atoms with Crippen molar-refractivity contribution in [3.8, 4) is 5.95 Å². The van der Waals surface area contributed by atoms with Crippen LogP contribution in [0.2, 0.25) is 0 Å². The number of aromatic nitrogens is 4. The van der Waals surface area contributed by atoms with Gasteiger partial charge in [-0.1, -0.05) is 0 Å². The van der Waals surface area contributed by atoms with Crippen molar-refractivity contribution >= 4 is 11.8 Å². The molecule has 0 fully saturated rings. The zero-order valence-corrected chi connectivity index (χ0v) is 11.1. The molecular weight excluding hydrogens is 310 g/mol. The summed E-state index contributed by atoms with van der Waals surface area (Å²) >= 11 is 0. The maximum absolute atomic E-state index is 13.0. The molecule has 2 aromatic heterocycles. The lowest BCUT2D eigenvalue weighted by Crippen LogP contribution is -2.14. The number of rotatable bonds is 3. The van der Waals surface area contributed by atoms with Crippen LogP contribution in [0, 0.1) is 5.82 Å². The maximum Gasteiger partial charge on any atom is 0.436 e. The van der Waals surface area contributed by atoms with Gasteiger partial charge in [-0.2, -0.15) is 23.3 Å². The van der Waals surface area contributed by atoms with E-state index in [1.165, 1.54) is 6.92 Å². The van der Waals surface area contributed by atoms with E-state index in [4.69, 9.17) is 5.73 Å². The van der Waals surface area contributed by atoms with E-state index in [2.05, 4.69) is 19.8 Å². The van der Waals surface area contributed by atoms with Gasteiger partial charge >= 0.3 is 12.1 Å². The number of hydrogen-bond acceptors (Lipinski definition) is 6. The van der Waals surface area contributed by atoms with E-state index in [-0.39, 0.29) is 6.61 Å². The van der Waals surface area contributed by atoms with Gasteiger partial charge in [0.1, 0.15) is 5.56 Å². The van der Waals surface area contributed by atoms with Gasteiger partial charge in [-0.25, -0.2) is 18.9 Å². The van der Waals surface area contributed by atoms with Crippen molar-refractivity contribution in [1.29, 1.82) is 0 Å². The van der Waals surface area contributed by atoms with Crippen molar-refractivity contribution in [2.24, 2.45) is 0 Å². The number of carbonyl (C=O) groups excluding carboxylic acids is 1. The van der Waals surface area contributed by atoms with Gasteiger partial charge in [0, 0.05) is 6.20 Å². The number of nitrogen functional groups attached to an aromatic ring is 1. The predicted octanol–water partition coefficient (Wildman–Crippen LogP) is 1.58. The molecule has 0 spiro atoms. The molecule has 0 bridgehead atoms. The Morgan fingerprint density at radius 2 is 2.14 bits per heavy atom. The third-order valence-corrected chi connectivity index (χ3v) is 2.44. The Morgan fingerprint density at radius 1 is 1.45 bits per heavy atom. The maximum atomic E-state index is 13.0. The molecule has 2 N–H and O–H groups in total. The summed E-state index contributed by atoms with van der Waals surface area (Å²) in [7, 11) is 0. The fourth-order valence-corrected chi connectivity index (χ4v) is 1.52. The zero-order valence-electron chi connectivity index (χ0n) is 11.1. The van der Waals surface area contributed by atoms with E-state index in [9.17, 15) is 22.4 Å². The van der Waals surface area contributed by atoms with Gasteiger partial charge in [-0.15, -0.1) is 0 Å². The highest BCUT2D eigenvalue weighted by Gasteiger charge is 2.40. The van der Waals surface area contributed by atoms with E-state index in [1.54, 1.807) is 0 Å². The molecule has 0 saturated carbocycles. The monoisotopic (exact) mass is 319 g/mol. The molecule has 0 unspecified atom stereocenters. The second-order valence-electron chi connectivity index (χ2n) is 3.96. The molecule has 0 radical (unpaired) electrons. The quantitative estimate of drug-likeness (QED) is 0.681. The number of esters is 1. The third-order valence-electron chi connectivity index (χ3n) is 2.44. The van der Waals surface area contributed by atoms with Crippen molar-refractivity contribution in [1.82, 2.24) is 19.7 Å². The topological polar surface area (TPSA) is 95.9 Å². The summed E-state index contributed by atoms with van der Waals surface area (Å²) in [4.78, 5) is 18.5. The SMILES string of the molecule is CCOC(=O)c1cn(-c2ncc(F)c(N)n2)nc1C(F)(F)F. The molecule has 2 rings (SSSR count). The van der Waals surface area contributed by atoms with Crippen molar-refractivity contribution in [2.45, 2.75) is 13.1 Å². The van der Waals surface area contributed by atoms with E-state index >= 15 is 0 Å². The molecule has 0 aliphatic rings. The Kier molecular flexibility index (Phi) is 3.97. The van der Waals surface area contributed by atoms with Crippen LogP contribution in [0.25, 0.3) is 5.95 Å². The number of halogens is 4. The Morgan fingerprint density at radius 3 is 2.68 bits per heavy atom. The van der Waals surface area contributed by atoms with Gasteiger partial charge in [0.25, 0.3) is 5.95 Å². The number of ether oxygens (including phenoxy) is 1. The van der Waals surface area contributed by atoms with Crippen molar-refractivity contribution in [3.05, 3.63) is 29.5 Å². The fraction of sp³-hybridized carbons (Fsp3) is 0.273. The summed E-state index contributed by atoms with van der Waals surface area (Å²) in [5.74, 6) is -3.11. The average molecular weight is 319 g/mol. The van der Waals surface area contributed by atoms with Gasteiger partial charge < -0.3 is 10.5 Å². The number of alkyl halides is 3. The van der Waals surface area contributed by atoms with Gasteiger partial charge in [-0.05, 0) is 6.92 Å². The number of hydrogen-bond donors (Lipinski definition) is 1. The lowest BCUT2D eigenvalue weighted by Gasteiger charge is -2.05. The Hall–Kier alpha value is -2.72. The highest BCUT2D eigenvalue weighted by molar-refractivity contribution is 5.90. The molecule has 0 atom stereocenters. The molecule has 11 heteroatoms. The van der Waals surface area contributed by atoms with Crippen LogP contribution >= 0.6 is 0 Å². The van der Waals surface area contributed by atoms with Crippen molar-refractivity contribution in [3.63, 3.8) is 0 Å². The van der Waals surface area contributed by atoms with Crippen LogP contribution < -0.4 is 5.73 Å². The Bertz CT molecular complexity index is 713. The number of nitrogens with zero attached hydrogens (tertiary/aromatic N) is 4. The number of anilines is 1. The summed E-state index contributed by atoms with van der Waals surface area (Å²) in [5, 5.41) is 3.21. The molecule has 2 aromatic rings. The molecule has 0 aromatic carbocycles. The molecule has 118 valence electrons. The standard InChI is InChI=1S/C11H9F4N5O2/c1-2-22-9(21)5-4-20(19-7(5)11(13,14)15)10-17-3-6(12)8(16)18-10/h3-4H,2H2,1H3,(H2,16,17,18). The highest BCUT2D eigenvalue weighted by Crippen LogP contribution is 2.31. The largest absolute Gasteiger partial charge is 0.462 e. The van der Waals surface area contributed by atoms with Crippen LogP contribution in [0.3, 0.4) is 0 Å². The Labute approximate surface area is 120 Å². The second kappa shape index (κ2) is 5.58. The van der Waals surface area contributed by atoms with Crippen LogP contribution in [0.5, 0.6) is 0 Å². The molecule has 0 saturated heterocycles. The molecule has 0 aliphatic heterocycles. The third kappa shape index (κ3) is 2.97. The first kappa shape index (κ1) is 15.7. The lowest BCUT2D eigenvalue weighted by molar-refractivity contribution is -0.141. The van der Waals surface area contributed by atoms with Crippen molar-refractivity contribution < 1.29 is 27.1 Å². The summed E-state index contributed by atoms with van der Waals surface area (Å²) in [6.07, 6.45) is -3.47. The highest BCUT2D eigenvalue weighted by atomic mass is 19.4. The molecule has 22 heavy (non-hydrogen) atoms. The smallest absolute Gasteiger partial charge is 0.436 e. The van der Waals surface area contributed by atoms with Crippen LogP contribution in [-0.4, -0.2) is 32.3 Å². The molecule has 0 amide bonds. The first-order chi connectivity index (χ1) is 10.2. The minimum atomic E-state index is -4.89. The minimum absolute atomic E-state index is 0.110. The summed E-state index contributed by atoms with van der Waals surface area (Å²) in [6, 6.07) is 0. The normalized spacial score (nSPS) is 11.5. The summed E-state index contributed by atoms with van der Waals surface area (Å²) in [6.45, 7) is 1.33. The molecule has 7 nitrogen and oxygen atoms in total. The number of nitrogens with two attached hydrogens (primary N) is 1. The Balaban J connectivity index is 2.54. The second-order valence-corrected chi connectivity index (χ2v) is 3.96. The average Bonchev–Trinajstić information content (AvgIpc) is 2.87. The van der Waals surface area contributed by atoms with E-state index in [0.29, 0.717) is 10.9 Å². The van der Waals surface area contributed by atoms with Crippen molar-refractivity contribution in [2.75, 3.05) is 12.3 Å². The van der Waals surface area contributed by atoms with Gasteiger partial charge in [0.2, 0.25) is 0 Å². The zero-order chi connectivity index (χ0) is 16.5. The first-order valence-corrected chi connectivity index (χ1v) is 5.86. The number of carbonyl (C=O) groups is 1. The molecular formula is C11H9F4N5O2. The van der Waals surface area contributed by atoms with Crippen LogP contribution in [-0.2, 0) is 10.9 Å². The van der Waals surface area contributed by atoms with E-state index in [1.807, 2.05) is 0 Å². The van der Waals surface area contributed by atoms with Gasteiger partial charge in [-0.3, -0.25) is 0 Å². The molecule has 2 heterocycles. The summed E-state index contributed by atoms with van der Waals surface area (Å²) < 4.78 is 56.8. The van der Waals surface area contributed by atoms with E-state index in [0.717, 1.165) is 6.20 Å². The van der Waals surface area contributed by atoms with Gasteiger partial charge in [0.05, 0.1) is 12.8 Å². The summed E-state index contributed by atoms with van der Waals surface area (Å²) in [5.41, 5.74) is 2.95. The fourth-order valence-electron chi connectivity index (χ4n) is 1.52. The lowest BCUT2D eigenvalue weighted by atomic mass is 10.2. The van der Waals surface area contributed by atoms with E-state index < -0.39 is 41.0 Å². The van der Waals surface area contributed by atoms with Crippen LogP contribution in [0.1, 0.15) is 23.0 Å². The van der Waals surface area contributed by atoms with Gasteiger partial charge in [0.15, 0.2) is 17.3 Å². The first-order valence-electron chi connectivity index (χ1n) is 5.86. The molecule has 0 aliphatic carbocycles. The minimum Gasteiger partial charge on any atom is -0.462 e. The van der Waals surface area contributed by atoms with Crippen LogP contribution in [0.4, 0.5) is 23.4 Å². The predicted molar refractivity (Wildman–Crippen MR) is 64.5 cm³/mol.